The number of hydrogen-bond donors (Lipinski definition) is 6. The number of nitrogens with one attached hydrogen (secondary N) is 1. The molecule has 6 rings (SSSR count). The number of epoxide rings is 1. The molecule has 1 aliphatic heterocycles. The number of aliphatic hydroxyl groups excluding tert-OH is 2. The largest absolute Gasteiger partial charge is 0.510 e. The van der Waals surface area contributed by atoms with Crippen molar-refractivity contribution < 1.29 is 44.3 Å². The van der Waals surface area contributed by atoms with E-state index in [1.54, 1.807) is 50.4 Å². The Morgan fingerprint density at radius 2 is 1.93 bits per heavy atom. The molecule has 3 aliphatic carbocycles. The molecule has 2 amide bonds. The summed E-state index contributed by atoms with van der Waals surface area (Å²) in [5, 5.41) is 48.0. The molecular weight excluding hydrogens is 570 g/mol. The van der Waals surface area contributed by atoms with Crippen molar-refractivity contribution in [3.05, 3.63) is 75.8 Å². The third-order valence-electron chi connectivity index (χ3n) is 9.36. The number of rotatable bonds is 8. The van der Waals surface area contributed by atoms with Gasteiger partial charge in [0.05, 0.1) is 11.6 Å². The number of phenols is 1. The quantitative estimate of drug-likeness (QED) is 0.190. The number of carbonyl (C=O) groups is 3. The highest BCUT2D eigenvalue weighted by Crippen LogP contribution is 2.68. The number of phenolic OH excluding ortho intramolecular Hbond substituents is 1. The number of amides is 2. The van der Waals surface area contributed by atoms with Gasteiger partial charge in [0.1, 0.15) is 22.8 Å². The first-order chi connectivity index (χ1) is 20.9. The predicted molar refractivity (Wildman–Crippen MR) is 157 cm³/mol. The van der Waals surface area contributed by atoms with Gasteiger partial charge in [0.2, 0.25) is 5.79 Å². The smallest absolute Gasteiger partial charge is 0.253 e. The molecule has 1 unspecified atom stereocenters. The Hall–Kier alpha value is -4.23. The highest BCUT2D eigenvalue weighted by atomic mass is 16.8. The lowest BCUT2D eigenvalue weighted by Gasteiger charge is -2.46. The second-order valence-corrected chi connectivity index (χ2v) is 12.0. The summed E-state index contributed by atoms with van der Waals surface area (Å²) in [7, 11) is 4.94. The summed E-state index contributed by atoms with van der Waals surface area (Å²) in [6, 6.07) is 9.19. The van der Waals surface area contributed by atoms with Crippen LogP contribution in [0.1, 0.15) is 39.1 Å². The van der Waals surface area contributed by atoms with Crippen LogP contribution in [0.3, 0.4) is 0 Å². The number of likely N-dealkylation sites (N-methyl/N-ethyl adjacent to an activating group) is 1. The van der Waals surface area contributed by atoms with E-state index in [0.29, 0.717) is 41.8 Å². The molecule has 1 heterocycles. The Kier molecular flexibility index (Phi) is 7.08. The van der Waals surface area contributed by atoms with Crippen LogP contribution in [-0.2, 0) is 20.7 Å². The minimum atomic E-state index is -2.41. The Morgan fingerprint density at radius 1 is 1.18 bits per heavy atom. The minimum absolute atomic E-state index is 0.00208. The van der Waals surface area contributed by atoms with Crippen molar-refractivity contribution in [3.63, 3.8) is 0 Å². The molecule has 1 spiro atoms. The van der Waals surface area contributed by atoms with Crippen molar-refractivity contribution in [2.75, 3.05) is 34.4 Å². The number of Topliss-reactive ketones (excluding diaryl/α,β-unsaturated/α-hetero) is 1. The second-order valence-electron chi connectivity index (χ2n) is 12.0. The van der Waals surface area contributed by atoms with E-state index in [1.807, 2.05) is 6.07 Å². The lowest BCUT2D eigenvalue weighted by Crippen LogP contribution is -2.57. The molecular formula is C32H35N3O9. The van der Waals surface area contributed by atoms with E-state index in [-0.39, 0.29) is 35.6 Å². The third-order valence-corrected chi connectivity index (χ3v) is 9.36. The fraction of sp³-hybridized carbons (Fsp3) is 0.406. The van der Waals surface area contributed by atoms with Crippen molar-refractivity contribution in [2.24, 2.45) is 17.6 Å². The normalized spacial score (nSPS) is 28.7. The highest BCUT2D eigenvalue weighted by molar-refractivity contribution is 6.14. The van der Waals surface area contributed by atoms with E-state index < -0.39 is 58.0 Å². The van der Waals surface area contributed by atoms with Crippen molar-refractivity contribution in [1.29, 1.82) is 0 Å². The molecule has 12 heteroatoms. The maximum Gasteiger partial charge on any atom is 0.253 e. The summed E-state index contributed by atoms with van der Waals surface area (Å²) in [5.74, 6) is -6.99. The van der Waals surface area contributed by atoms with Gasteiger partial charge in [-0.2, -0.15) is 0 Å². The van der Waals surface area contributed by atoms with Gasteiger partial charge < -0.3 is 41.0 Å². The SMILES string of the molecule is COCCCNC(=O)c1cccc(-c2ccc(O)c3c2C[C@H]2C[C@H]4[C@H](N(C)C)C(O)=C(C(N)=O)C5(O)O[C@]45C(O)=C2C3=O)c1. The first-order valence-electron chi connectivity index (χ1n) is 14.4. The number of aliphatic hydroxyl groups is 3. The van der Waals surface area contributed by atoms with E-state index in [9.17, 15) is 34.8 Å². The number of aromatic hydroxyl groups is 1. The number of primary amides is 1. The van der Waals surface area contributed by atoms with E-state index in [1.165, 1.54) is 6.07 Å². The van der Waals surface area contributed by atoms with E-state index in [0.717, 1.165) is 0 Å². The fourth-order valence-electron chi connectivity index (χ4n) is 7.48. The van der Waals surface area contributed by atoms with Gasteiger partial charge >= 0.3 is 0 Å². The summed E-state index contributed by atoms with van der Waals surface area (Å²) >= 11 is 0. The molecule has 232 valence electrons. The van der Waals surface area contributed by atoms with Crippen LogP contribution < -0.4 is 11.1 Å². The number of nitrogens with zero attached hydrogens (tertiary/aromatic N) is 1. The lowest BCUT2D eigenvalue weighted by atomic mass is 9.60. The van der Waals surface area contributed by atoms with Crippen LogP contribution in [0, 0.1) is 11.8 Å². The van der Waals surface area contributed by atoms with Crippen molar-refractivity contribution >= 4 is 17.6 Å². The highest BCUT2D eigenvalue weighted by Gasteiger charge is 2.84. The van der Waals surface area contributed by atoms with Gasteiger partial charge in [0.15, 0.2) is 11.4 Å². The Balaban J connectivity index is 1.42. The van der Waals surface area contributed by atoms with Crippen LogP contribution in [0.5, 0.6) is 5.75 Å². The van der Waals surface area contributed by atoms with Gasteiger partial charge in [-0.3, -0.25) is 19.3 Å². The number of benzene rings is 2. The first-order valence-corrected chi connectivity index (χ1v) is 14.4. The van der Waals surface area contributed by atoms with Crippen LogP contribution in [0.2, 0.25) is 0 Å². The van der Waals surface area contributed by atoms with Crippen LogP contribution in [0.15, 0.2) is 59.1 Å². The Labute approximate surface area is 253 Å². The van der Waals surface area contributed by atoms with E-state index in [4.69, 9.17) is 15.2 Å². The second kappa shape index (κ2) is 10.4. The minimum Gasteiger partial charge on any atom is -0.510 e. The average molecular weight is 606 g/mol. The molecule has 0 radical (unpaired) electrons. The molecule has 5 atom stereocenters. The maximum absolute atomic E-state index is 14.1. The van der Waals surface area contributed by atoms with E-state index >= 15 is 0 Å². The van der Waals surface area contributed by atoms with Crippen LogP contribution in [0.25, 0.3) is 11.1 Å². The van der Waals surface area contributed by atoms with Gasteiger partial charge in [-0.05, 0) is 74.2 Å². The van der Waals surface area contributed by atoms with Crippen LogP contribution in [0.4, 0.5) is 0 Å². The first kappa shape index (κ1) is 29.8. The number of ketones is 1. The lowest BCUT2D eigenvalue weighted by molar-refractivity contribution is -0.117. The molecule has 0 bridgehead atoms. The summed E-state index contributed by atoms with van der Waals surface area (Å²) in [6.07, 6.45) is 1.09. The van der Waals surface area contributed by atoms with Crippen molar-refractivity contribution in [1.82, 2.24) is 10.2 Å². The molecule has 7 N–H and O–H groups in total. The van der Waals surface area contributed by atoms with Crippen LogP contribution in [-0.4, -0.2) is 94.7 Å². The number of nitrogens with two attached hydrogens (primary N) is 1. The number of hydrogen-bond acceptors (Lipinski definition) is 10. The fourth-order valence-corrected chi connectivity index (χ4v) is 7.48. The summed E-state index contributed by atoms with van der Waals surface area (Å²) in [5.41, 5.74) is 5.36. The summed E-state index contributed by atoms with van der Waals surface area (Å²) in [6.45, 7) is 0.966. The number of fused-ring (bicyclic) bond motifs is 2. The molecule has 1 saturated heterocycles. The zero-order valence-corrected chi connectivity index (χ0v) is 24.6. The van der Waals surface area contributed by atoms with Crippen LogP contribution >= 0.6 is 0 Å². The number of ether oxygens (including phenoxy) is 2. The summed E-state index contributed by atoms with van der Waals surface area (Å²) in [4.78, 5) is 40.9. The topological polar surface area (TPSA) is 195 Å². The van der Waals surface area contributed by atoms with Crippen molar-refractivity contribution in [2.45, 2.75) is 36.7 Å². The third kappa shape index (κ3) is 4.09. The van der Waals surface area contributed by atoms with E-state index in [2.05, 4.69) is 5.32 Å². The molecule has 44 heavy (non-hydrogen) atoms. The average Bonchev–Trinajstić information content (AvgIpc) is 3.60. The number of allylic oxidation sites excluding steroid dienone is 1. The molecule has 4 aliphatic rings. The Bertz CT molecular complexity index is 1660. The van der Waals surface area contributed by atoms with Gasteiger partial charge in [-0.1, -0.05) is 18.2 Å². The maximum atomic E-state index is 14.1. The van der Waals surface area contributed by atoms with Gasteiger partial charge in [-0.15, -0.1) is 0 Å². The standard InChI is InChI=1S/C32H35N3O9/c1-35(2)25-20-14-17-13-19-18(15-6-4-7-16(12-15)30(41)34-10-5-11-43-3)8-9-21(36)23(19)26(37)22(17)28(39)31(20)32(42,44-31)24(27(25)38)29(33)40/h4,6-9,12,17,20,25,36,38-39,42H,5,10-11,13-14H2,1-3H3,(H2,33,40)(H,34,41)/t17-,20-,25-,31-,32?/m0/s1. The molecule has 1 fully saturated rings. The molecule has 0 saturated carbocycles. The monoisotopic (exact) mass is 605 g/mol. The molecule has 2 aromatic rings. The Morgan fingerprint density at radius 3 is 2.61 bits per heavy atom. The van der Waals surface area contributed by atoms with Gasteiger partial charge in [-0.25, -0.2) is 0 Å². The number of carbonyl (C=O) groups excluding carboxylic acids is 3. The van der Waals surface area contributed by atoms with Crippen molar-refractivity contribution in [3.8, 4) is 16.9 Å². The number of methoxy groups -OCH3 is 1. The zero-order chi connectivity index (χ0) is 31.7. The summed E-state index contributed by atoms with van der Waals surface area (Å²) < 4.78 is 10.8. The predicted octanol–water partition coefficient (Wildman–Crippen LogP) is 1.71. The zero-order valence-electron chi connectivity index (χ0n) is 24.6. The van der Waals surface area contributed by atoms with Gasteiger partial charge in [0.25, 0.3) is 11.8 Å². The molecule has 0 aromatic heterocycles. The molecule has 2 aromatic carbocycles. The molecule has 12 nitrogen and oxygen atoms in total. The van der Waals surface area contributed by atoms with Gasteiger partial charge in [0, 0.05) is 37.3 Å².